The molecule has 0 aromatic heterocycles. The maximum absolute atomic E-state index is 11.6. The number of aliphatic hydroxyl groups excluding tert-OH is 1. The van der Waals surface area contributed by atoms with Gasteiger partial charge in [0.15, 0.2) is 9.84 Å². The fraction of sp³-hybridized carbons (Fsp3) is 0.417. The molecule has 0 saturated heterocycles. The Hall–Kier alpha value is -1.40. The van der Waals surface area contributed by atoms with Crippen LogP contribution in [0.2, 0.25) is 0 Å². The number of nitrogens with one attached hydrogen (secondary N) is 1. The molecule has 2 atom stereocenters. The van der Waals surface area contributed by atoms with E-state index in [0.717, 1.165) is 11.8 Å². The summed E-state index contributed by atoms with van der Waals surface area (Å²) in [7, 11) is -3.40. The molecule has 1 amide bonds. The van der Waals surface area contributed by atoms with Gasteiger partial charge in [-0.25, -0.2) is 8.42 Å². The highest BCUT2D eigenvalue weighted by atomic mass is 32.2. The second-order valence-electron chi connectivity index (χ2n) is 4.26. The van der Waals surface area contributed by atoms with Crippen LogP contribution in [0.15, 0.2) is 24.3 Å². The van der Waals surface area contributed by atoms with Crippen LogP contribution in [0.25, 0.3) is 0 Å². The Labute approximate surface area is 107 Å². The average molecular weight is 271 g/mol. The zero-order chi connectivity index (χ0) is 13.9. The number of rotatable bonds is 4. The monoisotopic (exact) mass is 271 g/mol. The Kier molecular flexibility index (Phi) is 4.48. The van der Waals surface area contributed by atoms with Gasteiger partial charge in [-0.1, -0.05) is 12.1 Å². The Morgan fingerprint density at radius 3 is 2.11 bits per heavy atom. The van der Waals surface area contributed by atoms with E-state index in [1.165, 1.54) is 6.92 Å². The zero-order valence-electron chi connectivity index (χ0n) is 10.5. The van der Waals surface area contributed by atoms with Crippen LogP contribution in [0.1, 0.15) is 25.5 Å². The minimum atomic E-state index is -3.40. The molecule has 0 fully saturated rings. The first kappa shape index (κ1) is 14.7. The van der Waals surface area contributed by atoms with Crippen molar-refractivity contribution < 1.29 is 18.3 Å². The third kappa shape index (κ3) is 3.82. The molecule has 5 nitrogen and oxygen atoms in total. The second-order valence-corrected chi connectivity index (χ2v) is 6.63. The van der Waals surface area contributed by atoms with Crippen molar-refractivity contribution >= 4 is 21.4 Å². The fourth-order valence-electron chi connectivity index (χ4n) is 1.28. The second kappa shape index (κ2) is 5.49. The number of carbonyl (C=O) groups excluding carboxylic acids is 1. The predicted octanol–water partition coefficient (Wildman–Crippen LogP) is 1.11. The lowest BCUT2D eigenvalue weighted by molar-refractivity contribution is -0.115. The minimum absolute atomic E-state index is 0.500. The quantitative estimate of drug-likeness (QED) is 0.859. The zero-order valence-corrected chi connectivity index (χ0v) is 11.4. The summed E-state index contributed by atoms with van der Waals surface area (Å²) in [5, 5.41) is 10.8. The lowest BCUT2D eigenvalue weighted by atomic mass is 10.1. The molecule has 2 N–H and O–H groups in total. The van der Waals surface area contributed by atoms with Crippen LogP contribution in [-0.4, -0.2) is 30.9 Å². The molecule has 0 aliphatic carbocycles. The van der Waals surface area contributed by atoms with Gasteiger partial charge in [0.1, 0.15) is 5.25 Å². The van der Waals surface area contributed by atoms with Gasteiger partial charge in [-0.05, 0) is 31.5 Å². The van der Waals surface area contributed by atoms with Gasteiger partial charge in [-0.2, -0.15) is 0 Å². The molecule has 100 valence electrons. The van der Waals surface area contributed by atoms with Gasteiger partial charge in [0.2, 0.25) is 5.91 Å². The normalized spacial score (nSPS) is 14.9. The fourth-order valence-corrected chi connectivity index (χ4v) is 1.73. The summed E-state index contributed by atoms with van der Waals surface area (Å²) >= 11 is 0. The van der Waals surface area contributed by atoms with Gasteiger partial charge in [0, 0.05) is 11.9 Å². The molecule has 0 heterocycles. The molecule has 2 unspecified atom stereocenters. The number of sulfone groups is 1. The van der Waals surface area contributed by atoms with E-state index in [0.29, 0.717) is 5.69 Å². The molecule has 6 heteroatoms. The Bertz CT molecular complexity index is 520. The predicted molar refractivity (Wildman–Crippen MR) is 70.0 cm³/mol. The molecule has 1 aromatic carbocycles. The van der Waals surface area contributed by atoms with Crippen molar-refractivity contribution in [2.45, 2.75) is 25.2 Å². The molecule has 0 spiro atoms. The molecular formula is C12H17NO4S. The lowest BCUT2D eigenvalue weighted by Gasteiger charge is -2.11. The molecular weight excluding hydrogens is 254 g/mol. The molecule has 0 radical (unpaired) electrons. The first-order valence-corrected chi connectivity index (χ1v) is 7.45. The summed E-state index contributed by atoms with van der Waals surface area (Å²) in [6.07, 6.45) is 0.443. The summed E-state index contributed by atoms with van der Waals surface area (Å²) in [4.78, 5) is 11.6. The van der Waals surface area contributed by atoms with Gasteiger partial charge in [-0.15, -0.1) is 0 Å². The van der Waals surface area contributed by atoms with E-state index >= 15 is 0 Å². The van der Waals surface area contributed by atoms with Crippen molar-refractivity contribution in [1.82, 2.24) is 0 Å². The molecule has 1 aromatic rings. The first-order valence-electron chi connectivity index (χ1n) is 5.49. The van der Waals surface area contributed by atoms with Gasteiger partial charge >= 0.3 is 0 Å². The SMILES string of the molecule is CC(O)c1ccc(NC(=O)C(C)S(C)(=O)=O)cc1. The number of aliphatic hydroxyl groups is 1. The summed E-state index contributed by atoms with van der Waals surface area (Å²) in [5.74, 6) is -0.567. The topological polar surface area (TPSA) is 83.5 Å². The standard InChI is InChI=1S/C12H17NO4S/c1-8(14)10-4-6-11(7-5-10)13-12(15)9(2)18(3,16)17/h4-9,14H,1-3H3,(H,13,15). The summed E-state index contributed by atoms with van der Waals surface area (Å²) in [6.45, 7) is 2.98. The van der Waals surface area contributed by atoms with Gasteiger partial charge in [-0.3, -0.25) is 4.79 Å². The van der Waals surface area contributed by atoms with Crippen LogP contribution >= 0.6 is 0 Å². The van der Waals surface area contributed by atoms with E-state index in [1.807, 2.05) is 0 Å². The molecule has 0 aliphatic rings. The molecule has 1 rings (SSSR count). The van der Waals surface area contributed by atoms with E-state index in [1.54, 1.807) is 31.2 Å². The summed E-state index contributed by atoms with van der Waals surface area (Å²) < 4.78 is 22.4. The van der Waals surface area contributed by atoms with Crippen molar-refractivity contribution in [3.05, 3.63) is 29.8 Å². The number of hydrogen-bond acceptors (Lipinski definition) is 4. The molecule has 18 heavy (non-hydrogen) atoms. The van der Waals surface area contributed by atoms with Crippen molar-refractivity contribution in [3.8, 4) is 0 Å². The van der Waals surface area contributed by atoms with Crippen LogP contribution in [-0.2, 0) is 14.6 Å². The van der Waals surface area contributed by atoms with E-state index < -0.39 is 27.1 Å². The Morgan fingerprint density at radius 1 is 1.22 bits per heavy atom. The maximum atomic E-state index is 11.6. The number of hydrogen-bond donors (Lipinski definition) is 2. The van der Waals surface area contributed by atoms with Crippen LogP contribution in [0.4, 0.5) is 5.69 Å². The van der Waals surface area contributed by atoms with E-state index in [2.05, 4.69) is 5.32 Å². The highest BCUT2D eigenvalue weighted by Gasteiger charge is 2.23. The van der Waals surface area contributed by atoms with E-state index in [4.69, 9.17) is 0 Å². The van der Waals surface area contributed by atoms with Gasteiger partial charge in [0.05, 0.1) is 6.10 Å². The van der Waals surface area contributed by atoms with Crippen LogP contribution < -0.4 is 5.32 Å². The molecule has 0 saturated carbocycles. The van der Waals surface area contributed by atoms with Crippen molar-refractivity contribution in [2.75, 3.05) is 11.6 Å². The lowest BCUT2D eigenvalue weighted by Crippen LogP contribution is -2.31. The highest BCUT2D eigenvalue weighted by Crippen LogP contribution is 2.16. The first-order chi connectivity index (χ1) is 8.21. The van der Waals surface area contributed by atoms with Crippen LogP contribution in [0, 0.1) is 0 Å². The van der Waals surface area contributed by atoms with E-state index in [9.17, 15) is 18.3 Å². The average Bonchev–Trinajstić information content (AvgIpc) is 2.27. The maximum Gasteiger partial charge on any atom is 0.242 e. The number of anilines is 1. The molecule has 0 bridgehead atoms. The van der Waals surface area contributed by atoms with Crippen LogP contribution in [0.5, 0.6) is 0 Å². The van der Waals surface area contributed by atoms with Crippen molar-refractivity contribution in [1.29, 1.82) is 0 Å². The summed E-state index contributed by atoms with van der Waals surface area (Å²) in [6, 6.07) is 6.58. The molecule has 0 aliphatic heterocycles. The number of benzene rings is 1. The van der Waals surface area contributed by atoms with E-state index in [-0.39, 0.29) is 0 Å². The van der Waals surface area contributed by atoms with Gasteiger partial charge in [0.25, 0.3) is 0 Å². The van der Waals surface area contributed by atoms with Crippen molar-refractivity contribution in [3.63, 3.8) is 0 Å². The number of amides is 1. The smallest absolute Gasteiger partial charge is 0.242 e. The largest absolute Gasteiger partial charge is 0.389 e. The van der Waals surface area contributed by atoms with Crippen LogP contribution in [0.3, 0.4) is 0 Å². The Morgan fingerprint density at radius 2 is 1.72 bits per heavy atom. The highest BCUT2D eigenvalue weighted by molar-refractivity contribution is 7.92. The summed E-state index contributed by atoms with van der Waals surface area (Å²) in [5.41, 5.74) is 1.23. The number of carbonyl (C=O) groups is 1. The van der Waals surface area contributed by atoms with Crippen molar-refractivity contribution in [2.24, 2.45) is 0 Å². The van der Waals surface area contributed by atoms with Gasteiger partial charge < -0.3 is 10.4 Å². The third-order valence-electron chi connectivity index (χ3n) is 2.67. The third-order valence-corrected chi connectivity index (χ3v) is 4.17. The minimum Gasteiger partial charge on any atom is -0.389 e. The Balaban J connectivity index is 2.77.